The lowest BCUT2D eigenvalue weighted by atomic mass is 9.93. The third kappa shape index (κ3) is 2.22. The number of anilines is 1. The number of nitrogens with one attached hydrogen (secondary N) is 1. The average molecular weight is 294 g/mol. The van der Waals surface area contributed by atoms with Crippen LogP contribution in [0.1, 0.15) is 34.9 Å². The number of aryl methyl sites for hydroxylation is 2. The Morgan fingerprint density at radius 2 is 2.19 bits per heavy atom. The molecule has 2 aromatic heterocycles. The Hall–Kier alpha value is -1.87. The number of aromatic nitrogens is 1. The van der Waals surface area contributed by atoms with Crippen molar-refractivity contribution in [2.75, 3.05) is 5.32 Å². The van der Waals surface area contributed by atoms with E-state index in [1.54, 1.807) is 4.88 Å². The van der Waals surface area contributed by atoms with Crippen molar-refractivity contribution in [1.29, 1.82) is 0 Å². The monoisotopic (exact) mass is 294 g/mol. The van der Waals surface area contributed by atoms with Gasteiger partial charge < -0.3 is 5.32 Å². The largest absolute Gasteiger partial charge is 0.378 e. The molecule has 3 aromatic rings. The van der Waals surface area contributed by atoms with Gasteiger partial charge >= 0.3 is 0 Å². The van der Waals surface area contributed by atoms with Crippen molar-refractivity contribution >= 4 is 27.9 Å². The highest BCUT2D eigenvalue weighted by Crippen LogP contribution is 2.37. The lowest BCUT2D eigenvalue weighted by molar-refractivity contribution is 0.609. The average Bonchev–Trinajstić information content (AvgIpc) is 3.00. The predicted molar refractivity (Wildman–Crippen MR) is 90.1 cm³/mol. The number of nitrogens with zero attached hydrogens (tertiary/aromatic N) is 1. The molecule has 3 heteroatoms. The first-order chi connectivity index (χ1) is 10.3. The van der Waals surface area contributed by atoms with Gasteiger partial charge in [0.15, 0.2) is 0 Å². The van der Waals surface area contributed by atoms with Crippen LogP contribution in [0, 0.1) is 6.92 Å². The quantitative estimate of drug-likeness (QED) is 0.711. The summed E-state index contributed by atoms with van der Waals surface area (Å²) in [5.74, 6) is 0. The van der Waals surface area contributed by atoms with E-state index in [-0.39, 0.29) is 0 Å². The highest BCUT2D eigenvalue weighted by molar-refractivity contribution is 7.10. The number of hydrogen-bond donors (Lipinski definition) is 1. The minimum Gasteiger partial charge on any atom is -0.378 e. The molecule has 4 rings (SSSR count). The fourth-order valence-corrected chi connectivity index (χ4v) is 4.25. The molecule has 2 heterocycles. The van der Waals surface area contributed by atoms with Crippen molar-refractivity contribution in [3.05, 3.63) is 57.9 Å². The van der Waals surface area contributed by atoms with Gasteiger partial charge in [-0.3, -0.25) is 4.98 Å². The van der Waals surface area contributed by atoms with E-state index in [0.29, 0.717) is 6.04 Å². The molecule has 1 aliphatic rings. The summed E-state index contributed by atoms with van der Waals surface area (Å²) in [7, 11) is 0. The van der Waals surface area contributed by atoms with Crippen molar-refractivity contribution in [3.8, 4) is 0 Å². The molecule has 0 spiro atoms. The second kappa shape index (κ2) is 5.15. The molecular weight excluding hydrogens is 276 g/mol. The fraction of sp³-hybridized carbons (Fsp3) is 0.278. The second-order valence-corrected chi connectivity index (χ2v) is 6.72. The van der Waals surface area contributed by atoms with Crippen LogP contribution in [0.5, 0.6) is 0 Å². The van der Waals surface area contributed by atoms with Gasteiger partial charge in [0.25, 0.3) is 0 Å². The van der Waals surface area contributed by atoms with Gasteiger partial charge in [0.2, 0.25) is 0 Å². The molecule has 0 amide bonds. The van der Waals surface area contributed by atoms with E-state index in [0.717, 1.165) is 5.52 Å². The van der Waals surface area contributed by atoms with Gasteiger partial charge in [0.05, 0.1) is 11.6 Å². The Morgan fingerprint density at radius 1 is 1.24 bits per heavy atom. The number of benzene rings is 1. The molecule has 0 radical (unpaired) electrons. The minimum absolute atomic E-state index is 0.436. The SMILES string of the molecule is Cc1ccc(NC2CCCc3sccc32)c2cccnc12. The van der Waals surface area contributed by atoms with Gasteiger partial charge in [0, 0.05) is 22.1 Å². The van der Waals surface area contributed by atoms with Crippen LogP contribution in [0.4, 0.5) is 5.69 Å². The highest BCUT2D eigenvalue weighted by atomic mass is 32.1. The molecule has 0 saturated carbocycles. The van der Waals surface area contributed by atoms with Crippen molar-refractivity contribution in [1.82, 2.24) is 4.98 Å². The third-order valence-corrected chi connectivity index (χ3v) is 5.35. The summed E-state index contributed by atoms with van der Waals surface area (Å²) in [5, 5.41) is 7.20. The Labute approximate surface area is 128 Å². The van der Waals surface area contributed by atoms with E-state index >= 15 is 0 Å². The normalized spacial score (nSPS) is 17.7. The highest BCUT2D eigenvalue weighted by Gasteiger charge is 2.21. The van der Waals surface area contributed by atoms with E-state index < -0.39 is 0 Å². The van der Waals surface area contributed by atoms with Crippen molar-refractivity contribution in [2.45, 2.75) is 32.2 Å². The Bertz CT molecular complexity index is 791. The maximum absolute atomic E-state index is 4.53. The summed E-state index contributed by atoms with van der Waals surface area (Å²) in [6.45, 7) is 2.12. The van der Waals surface area contributed by atoms with Crippen molar-refractivity contribution < 1.29 is 0 Å². The van der Waals surface area contributed by atoms with E-state index in [1.807, 2.05) is 23.6 Å². The molecule has 1 unspecified atom stereocenters. The number of thiophene rings is 1. The molecule has 0 fully saturated rings. The van der Waals surface area contributed by atoms with E-state index in [4.69, 9.17) is 0 Å². The molecule has 0 saturated heterocycles. The van der Waals surface area contributed by atoms with Crippen LogP contribution in [-0.4, -0.2) is 4.98 Å². The molecule has 21 heavy (non-hydrogen) atoms. The van der Waals surface area contributed by atoms with Crippen LogP contribution in [0.15, 0.2) is 41.9 Å². The maximum Gasteiger partial charge on any atom is 0.0751 e. The van der Waals surface area contributed by atoms with Crippen LogP contribution >= 0.6 is 11.3 Å². The molecule has 1 aliphatic carbocycles. The van der Waals surface area contributed by atoms with E-state index in [1.165, 1.54) is 41.5 Å². The summed E-state index contributed by atoms with van der Waals surface area (Å²) in [6.07, 6.45) is 5.59. The first kappa shape index (κ1) is 12.8. The zero-order valence-electron chi connectivity index (χ0n) is 12.1. The summed E-state index contributed by atoms with van der Waals surface area (Å²) >= 11 is 1.89. The number of rotatable bonds is 2. The van der Waals surface area contributed by atoms with Gasteiger partial charge in [-0.1, -0.05) is 6.07 Å². The zero-order chi connectivity index (χ0) is 14.2. The molecule has 106 valence electrons. The molecule has 1 aromatic carbocycles. The summed E-state index contributed by atoms with van der Waals surface area (Å²) in [5.41, 5.74) is 5.02. The van der Waals surface area contributed by atoms with Gasteiger partial charge in [0.1, 0.15) is 0 Å². The second-order valence-electron chi connectivity index (χ2n) is 5.72. The lowest BCUT2D eigenvalue weighted by Gasteiger charge is -2.25. The molecule has 1 atom stereocenters. The topological polar surface area (TPSA) is 24.9 Å². The first-order valence-corrected chi connectivity index (χ1v) is 8.38. The maximum atomic E-state index is 4.53. The van der Waals surface area contributed by atoms with Crippen LogP contribution in [-0.2, 0) is 6.42 Å². The number of pyridine rings is 1. The summed E-state index contributed by atoms with van der Waals surface area (Å²) in [4.78, 5) is 6.08. The standard InChI is InChI=1S/C18H18N2S/c1-12-7-8-16(14-4-3-10-19-18(12)14)20-15-5-2-6-17-13(15)9-11-21-17/h3-4,7-11,15,20H,2,5-6H2,1H3. The van der Waals surface area contributed by atoms with Crippen molar-refractivity contribution in [3.63, 3.8) is 0 Å². The van der Waals surface area contributed by atoms with Gasteiger partial charge in [-0.2, -0.15) is 0 Å². The van der Waals surface area contributed by atoms with Crippen molar-refractivity contribution in [2.24, 2.45) is 0 Å². The van der Waals surface area contributed by atoms with Gasteiger partial charge in [-0.15, -0.1) is 11.3 Å². The third-order valence-electron chi connectivity index (χ3n) is 4.35. The summed E-state index contributed by atoms with van der Waals surface area (Å²) < 4.78 is 0. The Morgan fingerprint density at radius 3 is 3.14 bits per heavy atom. The number of fused-ring (bicyclic) bond motifs is 2. The van der Waals surface area contributed by atoms with E-state index in [2.05, 4.69) is 46.9 Å². The van der Waals surface area contributed by atoms with E-state index in [9.17, 15) is 0 Å². The van der Waals surface area contributed by atoms with Crippen LogP contribution in [0.3, 0.4) is 0 Å². The minimum atomic E-state index is 0.436. The van der Waals surface area contributed by atoms with Gasteiger partial charge in [-0.25, -0.2) is 0 Å². The first-order valence-electron chi connectivity index (χ1n) is 7.50. The van der Waals surface area contributed by atoms with Crippen LogP contribution < -0.4 is 5.32 Å². The predicted octanol–water partition coefficient (Wildman–Crippen LogP) is 5.09. The van der Waals surface area contributed by atoms with Gasteiger partial charge in [-0.05, 0) is 67.0 Å². The van der Waals surface area contributed by atoms with Crippen LogP contribution in [0.2, 0.25) is 0 Å². The van der Waals surface area contributed by atoms with Crippen LogP contribution in [0.25, 0.3) is 10.9 Å². The fourth-order valence-electron chi connectivity index (χ4n) is 3.26. The molecule has 0 bridgehead atoms. The summed E-state index contributed by atoms with van der Waals surface area (Å²) in [6, 6.07) is 11.3. The smallest absolute Gasteiger partial charge is 0.0751 e. The molecular formula is C18H18N2S. The zero-order valence-corrected chi connectivity index (χ0v) is 12.9. The number of hydrogen-bond acceptors (Lipinski definition) is 3. The molecule has 2 nitrogen and oxygen atoms in total. The Kier molecular flexibility index (Phi) is 3.15. The molecule has 0 aliphatic heterocycles. The lowest BCUT2D eigenvalue weighted by Crippen LogP contribution is -2.15. The Balaban J connectivity index is 1.75. The molecule has 1 N–H and O–H groups in total.